The molecule has 0 aromatic heterocycles. The van der Waals surface area contributed by atoms with E-state index in [4.69, 9.17) is 9.47 Å². The van der Waals surface area contributed by atoms with Gasteiger partial charge >= 0.3 is 18.0 Å². The van der Waals surface area contributed by atoms with Crippen LogP contribution in [-0.4, -0.2) is 36.0 Å². The van der Waals surface area contributed by atoms with Gasteiger partial charge in [0.05, 0.1) is 12.3 Å². The van der Waals surface area contributed by atoms with Crippen LogP contribution in [0.3, 0.4) is 0 Å². The molecule has 0 aliphatic heterocycles. The minimum Gasteiger partial charge on any atom is -0.481 e. The standard InChI is InChI=1S/C21H33NO6/c1-6-14-7-15-9-21(10-17(23)24,16(15)8-14)11-22-20(26)28-19(13(4)5)27-18(25)12(2)3/h8,12-13,15-16,19H,6-7,9-11H2,1-5H3,(H,22,26)(H,23,24)/t15-,16+,19+,21+/m1/s1. The zero-order valence-corrected chi connectivity index (χ0v) is 17.5. The summed E-state index contributed by atoms with van der Waals surface area (Å²) in [4.78, 5) is 35.5. The van der Waals surface area contributed by atoms with Crippen molar-refractivity contribution in [2.45, 2.75) is 66.6 Å². The predicted octanol–water partition coefficient (Wildman–Crippen LogP) is 3.73. The molecule has 0 aromatic carbocycles. The predicted molar refractivity (Wildman–Crippen MR) is 103 cm³/mol. The van der Waals surface area contributed by atoms with Crippen LogP contribution in [0.2, 0.25) is 0 Å². The van der Waals surface area contributed by atoms with E-state index < -0.39 is 29.7 Å². The Hall–Kier alpha value is -2.05. The summed E-state index contributed by atoms with van der Waals surface area (Å²) in [6.07, 6.45) is 3.32. The molecule has 0 spiro atoms. The SMILES string of the molecule is CCC1=C[C@H]2[C@H](C1)C[C@@]2(CNC(=O)O[C@H](OC(=O)C(C)C)C(C)C)CC(=O)O. The van der Waals surface area contributed by atoms with Crippen molar-refractivity contribution in [1.29, 1.82) is 0 Å². The van der Waals surface area contributed by atoms with Crippen molar-refractivity contribution in [2.24, 2.45) is 29.1 Å². The van der Waals surface area contributed by atoms with Gasteiger partial charge in [0, 0.05) is 17.9 Å². The van der Waals surface area contributed by atoms with Crippen molar-refractivity contribution in [3.63, 3.8) is 0 Å². The number of fused-ring (bicyclic) bond motifs is 1. The van der Waals surface area contributed by atoms with Crippen LogP contribution < -0.4 is 5.32 Å². The number of aliphatic carboxylic acids is 1. The molecular formula is C21H33NO6. The van der Waals surface area contributed by atoms with Gasteiger partial charge < -0.3 is 19.9 Å². The van der Waals surface area contributed by atoms with E-state index in [-0.39, 0.29) is 30.7 Å². The number of alkyl carbamates (subject to hydrolysis) is 1. The number of hydrogen-bond donors (Lipinski definition) is 2. The first-order valence-corrected chi connectivity index (χ1v) is 10.1. The van der Waals surface area contributed by atoms with Crippen LogP contribution in [0, 0.1) is 29.1 Å². The maximum Gasteiger partial charge on any atom is 0.410 e. The lowest BCUT2D eigenvalue weighted by atomic mass is 9.53. The van der Waals surface area contributed by atoms with Gasteiger partial charge in [0.2, 0.25) is 0 Å². The highest BCUT2D eigenvalue weighted by Crippen LogP contribution is 2.59. The van der Waals surface area contributed by atoms with Gasteiger partial charge in [-0.3, -0.25) is 9.59 Å². The Morgan fingerprint density at radius 1 is 1.25 bits per heavy atom. The minimum absolute atomic E-state index is 0.0118. The second-order valence-corrected chi connectivity index (χ2v) is 8.77. The van der Waals surface area contributed by atoms with Crippen LogP contribution in [0.1, 0.15) is 60.3 Å². The molecule has 1 amide bonds. The number of carboxylic acids is 1. The van der Waals surface area contributed by atoms with Crippen molar-refractivity contribution < 1.29 is 29.0 Å². The van der Waals surface area contributed by atoms with E-state index in [1.807, 2.05) is 0 Å². The van der Waals surface area contributed by atoms with Crippen LogP contribution in [0.4, 0.5) is 4.79 Å². The monoisotopic (exact) mass is 395 g/mol. The Morgan fingerprint density at radius 2 is 1.93 bits per heavy atom. The van der Waals surface area contributed by atoms with Crippen molar-refractivity contribution in [3.8, 4) is 0 Å². The summed E-state index contributed by atoms with van der Waals surface area (Å²) in [5.41, 5.74) is 0.888. The maximum absolute atomic E-state index is 12.3. The Morgan fingerprint density at radius 3 is 2.46 bits per heavy atom. The molecule has 4 atom stereocenters. The quantitative estimate of drug-likeness (QED) is 0.350. The molecule has 0 unspecified atom stereocenters. The average Bonchev–Trinajstić information content (AvgIpc) is 2.95. The van der Waals surface area contributed by atoms with Crippen molar-refractivity contribution in [1.82, 2.24) is 5.32 Å². The lowest BCUT2D eigenvalue weighted by molar-refractivity contribution is -0.179. The Kier molecular flexibility index (Phi) is 7.12. The molecule has 1 fully saturated rings. The van der Waals surface area contributed by atoms with Gasteiger partial charge in [0.15, 0.2) is 0 Å². The van der Waals surface area contributed by atoms with E-state index in [1.54, 1.807) is 27.7 Å². The molecule has 7 nitrogen and oxygen atoms in total. The largest absolute Gasteiger partial charge is 0.481 e. The van der Waals surface area contributed by atoms with Crippen LogP contribution in [0.25, 0.3) is 0 Å². The van der Waals surface area contributed by atoms with Gasteiger partial charge in [-0.2, -0.15) is 0 Å². The third kappa shape index (κ3) is 5.06. The second kappa shape index (κ2) is 8.97. The first kappa shape index (κ1) is 22.2. The van der Waals surface area contributed by atoms with Crippen LogP contribution in [-0.2, 0) is 19.1 Å². The summed E-state index contributed by atoms with van der Waals surface area (Å²) in [7, 11) is 0. The number of nitrogens with one attached hydrogen (secondary N) is 1. The van der Waals surface area contributed by atoms with Crippen LogP contribution in [0.5, 0.6) is 0 Å². The second-order valence-electron chi connectivity index (χ2n) is 8.77. The number of rotatable bonds is 9. The number of carboxylic acid groups (broad SMARTS) is 1. The average molecular weight is 395 g/mol. The molecule has 0 bridgehead atoms. The number of ether oxygens (including phenoxy) is 2. The Bertz CT molecular complexity index is 641. The van der Waals surface area contributed by atoms with E-state index >= 15 is 0 Å². The normalized spacial score (nSPS) is 26.9. The fourth-order valence-electron chi connectivity index (χ4n) is 4.24. The summed E-state index contributed by atoms with van der Waals surface area (Å²) in [6.45, 7) is 9.35. The highest BCUT2D eigenvalue weighted by Gasteiger charge is 2.55. The molecule has 0 heterocycles. The molecule has 158 valence electrons. The molecule has 2 aliphatic carbocycles. The van der Waals surface area contributed by atoms with Gasteiger partial charge in [-0.1, -0.05) is 46.3 Å². The summed E-state index contributed by atoms with van der Waals surface area (Å²) in [5, 5.41) is 12.1. The molecule has 2 aliphatic rings. The van der Waals surface area contributed by atoms with Crippen LogP contribution >= 0.6 is 0 Å². The molecule has 1 saturated carbocycles. The molecule has 0 radical (unpaired) electrons. The number of carbonyl (C=O) groups is 3. The molecule has 0 saturated heterocycles. The first-order valence-electron chi connectivity index (χ1n) is 10.1. The first-order chi connectivity index (χ1) is 13.1. The fraction of sp³-hybridized carbons (Fsp3) is 0.762. The smallest absolute Gasteiger partial charge is 0.410 e. The van der Waals surface area contributed by atoms with E-state index in [1.165, 1.54) is 5.57 Å². The van der Waals surface area contributed by atoms with Crippen molar-refractivity contribution in [3.05, 3.63) is 11.6 Å². The molecule has 2 rings (SSSR count). The number of esters is 1. The zero-order chi connectivity index (χ0) is 21.1. The highest BCUT2D eigenvalue weighted by molar-refractivity contribution is 5.72. The van der Waals surface area contributed by atoms with E-state index in [2.05, 4.69) is 18.3 Å². The van der Waals surface area contributed by atoms with E-state index in [0.717, 1.165) is 19.3 Å². The third-order valence-corrected chi connectivity index (χ3v) is 5.84. The lowest BCUT2D eigenvalue weighted by Crippen LogP contribution is -2.53. The number of allylic oxidation sites excluding steroid dienone is 2. The summed E-state index contributed by atoms with van der Waals surface area (Å²) < 4.78 is 10.6. The van der Waals surface area contributed by atoms with Crippen LogP contribution in [0.15, 0.2) is 11.6 Å². The Balaban J connectivity index is 1.97. The molecular weight excluding hydrogens is 362 g/mol. The van der Waals surface area contributed by atoms with Gasteiger partial charge in [-0.25, -0.2) is 4.79 Å². The van der Waals surface area contributed by atoms with E-state index in [9.17, 15) is 19.5 Å². The number of carbonyl (C=O) groups excluding carboxylic acids is 2. The van der Waals surface area contributed by atoms with E-state index in [0.29, 0.717) is 5.92 Å². The Labute approximate surface area is 166 Å². The highest BCUT2D eigenvalue weighted by atomic mass is 16.7. The van der Waals surface area contributed by atoms with Gasteiger partial charge in [-0.05, 0) is 31.1 Å². The summed E-state index contributed by atoms with van der Waals surface area (Å²) >= 11 is 0. The number of hydrogen-bond acceptors (Lipinski definition) is 5. The lowest BCUT2D eigenvalue weighted by Gasteiger charge is -2.51. The maximum atomic E-state index is 12.3. The molecule has 0 aromatic rings. The topological polar surface area (TPSA) is 102 Å². The summed E-state index contributed by atoms with van der Waals surface area (Å²) in [6, 6.07) is 0. The molecule has 28 heavy (non-hydrogen) atoms. The molecule has 7 heteroatoms. The molecule has 2 N–H and O–H groups in total. The van der Waals surface area contributed by atoms with Gasteiger partial charge in [0.25, 0.3) is 6.29 Å². The fourth-order valence-corrected chi connectivity index (χ4v) is 4.24. The van der Waals surface area contributed by atoms with Crippen molar-refractivity contribution >= 4 is 18.0 Å². The van der Waals surface area contributed by atoms with Gasteiger partial charge in [0.1, 0.15) is 0 Å². The van der Waals surface area contributed by atoms with Gasteiger partial charge in [-0.15, -0.1) is 0 Å². The number of amides is 1. The zero-order valence-electron chi connectivity index (χ0n) is 17.5. The van der Waals surface area contributed by atoms with Crippen molar-refractivity contribution in [2.75, 3.05) is 6.54 Å². The summed E-state index contributed by atoms with van der Waals surface area (Å²) in [5.74, 6) is -1.15. The minimum atomic E-state index is -0.975. The third-order valence-electron chi connectivity index (χ3n) is 5.84.